The predicted molar refractivity (Wildman–Crippen MR) is 65.4 cm³/mol. The molecule has 2 rings (SSSR count). The first-order valence-electron chi connectivity index (χ1n) is 6.03. The number of carboxylic acid groups (broad SMARTS) is 1. The molecule has 0 radical (unpaired) electrons. The molecule has 0 saturated heterocycles. The van der Waals surface area contributed by atoms with E-state index >= 15 is 0 Å². The van der Waals surface area contributed by atoms with E-state index in [1.54, 1.807) is 7.11 Å². The van der Waals surface area contributed by atoms with Gasteiger partial charge in [0.15, 0.2) is 0 Å². The van der Waals surface area contributed by atoms with E-state index in [4.69, 9.17) is 9.84 Å². The zero-order chi connectivity index (χ0) is 12.3. The van der Waals surface area contributed by atoms with Crippen LogP contribution in [0.1, 0.15) is 37.7 Å². The van der Waals surface area contributed by atoms with Crippen LogP contribution in [-0.4, -0.2) is 18.2 Å². The Kier molecular flexibility index (Phi) is 3.36. The van der Waals surface area contributed by atoms with Gasteiger partial charge in [0.05, 0.1) is 13.5 Å². The molecule has 0 unspecified atom stereocenters. The zero-order valence-corrected chi connectivity index (χ0v) is 10.1. The Hall–Kier alpha value is -1.51. The Labute approximate surface area is 101 Å². The van der Waals surface area contributed by atoms with E-state index in [1.807, 2.05) is 24.3 Å². The highest BCUT2D eigenvalue weighted by Gasteiger charge is 2.39. The van der Waals surface area contributed by atoms with E-state index in [2.05, 4.69) is 0 Å². The molecule has 1 saturated carbocycles. The Morgan fingerprint density at radius 2 is 2.00 bits per heavy atom. The highest BCUT2D eigenvalue weighted by molar-refractivity contribution is 5.69. The van der Waals surface area contributed by atoms with Crippen molar-refractivity contribution >= 4 is 5.97 Å². The second-order valence-electron chi connectivity index (χ2n) is 4.76. The average molecular weight is 234 g/mol. The molecule has 92 valence electrons. The van der Waals surface area contributed by atoms with Crippen molar-refractivity contribution in [1.29, 1.82) is 0 Å². The van der Waals surface area contributed by atoms with Gasteiger partial charge < -0.3 is 9.84 Å². The summed E-state index contributed by atoms with van der Waals surface area (Å²) in [6.07, 6.45) is 4.30. The number of carbonyl (C=O) groups is 1. The van der Waals surface area contributed by atoms with E-state index in [0.717, 1.165) is 37.0 Å². The number of ether oxygens (including phenoxy) is 1. The second-order valence-corrected chi connectivity index (χ2v) is 4.76. The Morgan fingerprint density at radius 1 is 1.35 bits per heavy atom. The lowest BCUT2D eigenvalue weighted by atomic mass is 9.75. The van der Waals surface area contributed by atoms with E-state index in [9.17, 15) is 4.79 Å². The van der Waals surface area contributed by atoms with Crippen molar-refractivity contribution in [2.24, 2.45) is 0 Å². The summed E-state index contributed by atoms with van der Waals surface area (Å²) in [5, 5.41) is 9.12. The normalized spacial score (nSPS) is 17.9. The Bertz CT molecular complexity index is 406. The van der Waals surface area contributed by atoms with Gasteiger partial charge in [-0.3, -0.25) is 4.79 Å². The molecule has 0 heterocycles. The number of carboxylic acids is 1. The third kappa shape index (κ3) is 2.28. The monoisotopic (exact) mass is 234 g/mol. The number of methoxy groups -OCH3 is 1. The standard InChI is InChI=1S/C14H18O3/c1-17-12-7-3-2-6-11(12)14(10-13(15)16)8-4-5-9-14/h2-3,6-7H,4-5,8-10H2,1H3,(H,15,16). The number of para-hydroxylation sites is 1. The summed E-state index contributed by atoms with van der Waals surface area (Å²) in [6.45, 7) is 0. The third-order valence-corrected chi connectivity index (χ3v) is 3.73. The lowest BCUT2D eigenvalue weighted by Gasteiger charge is -2.29. The maximum atomic E-state index is 11.1. The van der Waals surface area contributed by atoms with Crippen molar-refractivity contribution in [3.63, 3.8) is 0 Å². The van der Waals surface area contributed by atoms with Gasteiger partial charge in [-0.05, 0) is 18.9 Å². The van der Waals surface area contributed by atoms with Crippen molar-refractivity contribution in [2.75, 3.05) is 7.11 Å². The highest BCUT2D eigenvalue weighted by atomic mass is 16.5. The van der Waals surface area contributed by atoms with Crippen LogP contribution in [0.15, 0.2) is 24.3 Å². The minimum Gasteiger partial charge on any atom is -0.496 e. The molecule has 1 aromatic carbocycles. The minimum absolute atomic E-state index is 0.202. The fraction of sp³-hybridized carbons (Fsp3) is 0.500. The van der Waals surface area contributed by atoms with Crippen LogP contribution >= 0.6 is 0 Å². The van der Waals surface area contributed by atoms with Crippen LogP contribution in [0.4, 0.5) is 0 Å². The van der Waals surface area contributed by atoms with Crippen molar-refractivity contribution in [1.82, 2.24) is 0 Å². The van der Waals surface area contributed by atoms with Gasteiger partial charge in [0.2, 0.25) is 0 Å². The highest BCUT2D eigenvalue weighted by Crippen LogP contribution is 2.46. The number of benzene rings is 1. The fourth-order valence-electron chi connectivity index (χ4n) is 2.97. The van der Waals surface area contributed by atoms with Crippen LogP contribution in [0, 0.1) is 0 Å². The molecule has 3 heteroatoms. The summed E-state index contributed by atoms with van der Waals surface area (Å²) in [6, 6.07) is 7.80. The topological polar surface area (TPSA) is 46.5 Å². The van der Waals surface area contributed by atoms with E-state index < -0.39 is 5.97 Å². The van der Waals surface area contributed by atoms with Gasteiger partial charge in [0.25, 0.3) is 0 Å². The SMILES string of the molecule is COc1ccccc1C1(CC(=O)O)CCCC1. The molecular formula is C14H18O3. The average Bonchev–Trinajstić information content (AvgIpc) is 2.77. The first-order chi connectivity index (χ1) is 8.18. The molecule has 1 aromatic rings. The summed E-state index contributed by atoms with van der Waals surface area (Å²) >= 11 is 0. The molecule has 1 fully saturated rings. The molecule has 0 spiro atoms. The number of hydrogen-bond acceptors (Lipinski definition) is 2. The van der Waals surface area contributed by atoms with Gasteiger partial charge in [-0.1, -0.05) is 31.0 Å². The predicted octanol–water partition coefficient (Wildman–Crippen LogP) is 2.98. The van der Waals surface area contributed by atoms with Gasteiger partial charge in [0.1, 0.15) is 5.75 Å². The van der Waals surface area contributed by atoms with Crippen LogP contribution in [0.5, 0.6) is 5.75 Å². The maximum Gasteiger partial charge on any atom is 0.304 e. The van der Waals surface area contributed by atoms with Gasteiger partial charge >= 0.3 is 5.97 Å². The van der Waals surface area contributed by atoms with E-state index in [1.165, 1.54) is 0 Å². The molecule has 1 aliphatic carbocycles. The van der Waals surface area contributed by atoms with Crippen LogP contribution in [0.2, 0.25) is 0 Å². The number of hydrogen-bond donors (Lipinski definition) is 1. The molecular weight excluding hydrogens is 216 g/mol. The lowest BCUT2D eigenvalue weighted by Crippen LogP contribution is -2.26. The smallest absolute Gasteiger partial charge is 0.304 e. The fourth-order valence-corrected chi connectivity index (χ4v) is 2.97. The van der Waals surface area contributed by atoms with Crippen molar-refractivity contribution in [2.45, 2.75) is 37.5 Å². The van der Waals surface area contributed by atoms with Crippen LogP contribution in [0.25, 0.3) is 0 Å². The summed E-state index contributed by atoms with van der Waals surface area (Å²) in [7, 11) is 1.64. The van der Waals surface area contributed by atoms with Crippen molar-refractivity contribution in [3.8, 4) is 5.75 Å². The van der Waals surface area contributed by atoms with Gasteiger partial charge in [-0.2, -0.15) is 0 Å². The molecule has 1 N–H and O–H groups in total. The zero-order valence-electron chi connectivity index (χ0n) is 10.1. The quantitative estimate of drug-likeness (QED) is 0.871. The number of rotatable bonds is 4. The lowest BCUT2D eigenvalue weighted by molar-refractivity contribution is -0.138. The molecule has 0 aliphatic heterocycles. The molecule has 0 aromatic heterocycles. The van der Waals surface area contributed by atoms with Gasteiger partial charge in [-0.25, -0.2) is 0 Å². The van der Waals surface area contributed by atoms with Crippen molar-refractivity contribution < 1.29 is 14.6 Å². The minimum atomic E-state index is -0.724. The summed E-state index contributed by atoms with van der Waals surface area (Å²) in [5.41, 5.74) is 0.834. The third-order valence-electron chi connectivity index (χ3n) is 3.73. The summed E-state index contributed by atoms with van der Waals surface area (Å²) in [5.74, 6) is 0.0912. The van der Waals surface area contributed by atoms with Crippen LogP contribution in [0.3, 0.4) is 0 Å². The van der Waals surface area contributed by atoms with Gasteiger partial charge in [-0.15, -0.1) is 0 Å². The molecule has 0 atom stereocenters. The molecule has 0 amide bonds. The first-order valence-corrected chi connectivity index (χ1v) is 6.03. The summed E-state index contributed by atoms with van der Waals surface area (Å²) in [4.78, 5) is 11.1. The second kappa shape index (κ2) is 4.78. The van der Waals surface area contributed by atoms with E-state index in [0.29, 0.717) is 0 Å². The Morgan fingerprint density at radius 3 is 2.59 bits per heavy atom. The summed E-state index contributed by atoms with van der Waals surface area (Å²) < 4.78 is 5.37. The van der Waals surface area contributed by atoms with Crippen molar-refractivity contribution in [3.05, 3.63) is 29.8 Å². The molecule has 17 heavy (non-hydrogen) atoms. The van der Waals surface area contributed by atoms with Crippen LogP contribution in [-0.2, 0) is 10.2 Å². The first kappa shape index (κ1) is 12.0. The van der Waals surface area contributed by atoms with E-state index in [-0.39, 0.29) is 11.8 Å². The maximum absolute atomic E-state index is 11.1. The van der Waals surface area contributed by atoms with Crippen LogP contribution < -0.4 is 4.74 Å². The molecule has 0 bridgehead atoms. The molecule has 1 aliphatic rings. The van der Waals surface area contributed by atoms with Gasteiger partial charge in [0, 0.05) is 11.0 Å². The largest absolute Gasteiger partial charge is 0.496 e. The molecule has 3 nitrogen and oxygen atoms in total. The number of aliphatic carboxylic acids is 1. The Balaban J connectivity index is 2.41.